The standard InChI is InChI=1S/C15H24O2/c1-8-5-6-10-9(2)12(16)7-11-13(10)14(8)17-15(11,3)4/h8,11-14,16H,5-7H2,1-4H3. The second-order valence-corrected chi connectivity index (χ2v) is 6.79. The lowest BCUT2D eigenvalue weighted by molar-refractivity contribution is -0.0579. The van der Waals surface area contributed by atoms with Gasteiger partial charge in [0.1, 0.15) is 0 Å². The van der Waals surface area contributed by atoms with Crippen LogP contribution >= 0.6 is 0 Å². The Morgan fingerprint density at radius 2 is 2.06 bits per heavy atom. The molecule has 5 atom stereocenters. The molecule has 0 radical (unpaired) electrons. The van der Waals surface area contributed by atoms with Crippen molar-refractivity contribution < 1.29 is 9.84 Å². The summed E-state index contributed by atoms with van der Waals surface area (Å²) in [5.41, 5.74) is 2.69. The Labute approximate surface area is 104 Å². The van der Waals surface area contributed by atoms with Gasteiger partial charge < -0.3 is 9.84 Å². The lowest BCUT2D eigenvalue weighted by Crippen LogP contribution is -2.40. The fraction of sp³-hybridized carbons (Fsp3) is 0.867. The number of aliphatic hydroxyl groups excluding tert-OH is 1. The molecule has 0 aromatic rings. The average Bonchev–Trinajstić information content (AvgIpc) is 2.51. The highest BCUT2D eigenvalue weighted by molar-refractivity contribution is 5.30. The van der Waals surface area contributed by atoms with E-state index >= 15 is 0 Å². The molecular formula is C15H24O2. The number of hydrogen-bond acceptors (Lipinski definition) is 2. The monoisotopic (exact) mass is 236 g/mol. The summed E-state index contributed by atoms with van der Waals surface area (Å²) in [4.78, 5) is 0. The number of hydrogen-bond donors (Lipinski definition) is 1. The summed E-state index contributed by atoms with van der Waals surface area (Å²) in [5.74, 6) is 1.75. The predicted molar refractivity (Wildman–Crippen MR) is 67.7 cm³/mol. The second kappa shape index (κ2) is 3.58. The van der Waals surface area contributed by atoms with E-state index in [4.69, 9.17) is 4.74 Å². The molecule has 2 aliphatic carbocycles. The Kier molecular flexibility index (Phi) is 2.47. The van der Waals surface area contributed by atoms with Gasteiger partial charge in [0.25, 0.3) is 0 Å². The van der Waals surface area contributed by atoms with Crippen LogP contribution in [0.15, 0.2) is 11.1 Å². The van der Waals surface area contributed by atoms with Gasteiger partial charge in [-0.25, -0.2) is 0 Å². The van der Waals surface area contributed by atoms with Crippen molar-refractivity contribution in [1.29, 1.82) is 0 Å². The maximum absolute atomic E-state index is 10.2. The largest absolute Gasteiger partial charge is 0.389 e. The van der Waals surface area contributed by atoms with Gasteiger partial charge in [-0.05, 0) is 57.4 Å². The van der Waals surface area contributed by atoms with Crippen LogP contribution in [0.4, 0.5) is 0 Å². The van der Waals surface area contributed by atoms with Crippen LogP contribution in [0.3, 0.4) is 0 Å². The van der Waals surface area contributed by atoms with Gasteiger partial charge in [-0.15, -0.1) is 0 Å². The second-order valence-electron chi connectivity index (χ2n) is 6.79. The van der Waals surface area contributed by atoms with E-state index < -0.39 is 0 Å². The highest BCUT2D eigenvalue weighted by atomic mass is 16.5. The van der Waals surface area contributed by atoms with Crippen molar-refractivity contribution in [3.63, 3.8) is 0 Å². The van der Waals surface area contributed by atoms with Crippen molar-refractivity contribution in [2.75, 3.05) is 0 Å². The van der Waals surface area contributed by atoms with E-state index in [9.17, 15) is 5.11 Å². The van der Waals surface area contributed by atoms with Crippen LogP contribution in [-0.4, -0.2) is 22.9 Å². The average molecular weight is 236 g/mol. The van der Waals surface area contributed by atoms with Gasteiger partial charge in [-0.2, -0.15) is 0 Å². The van der Waals surface area contributed by atoms with E-state index in [1.165, 1.54) is 24.0 Å². The van der Waals surface area contributed by atoms with Crippen molar-refractivity contribution >= 4 is 0 Å². The van der Waals surface area contributed by atoms with Crippen molar-refractivity contribution in [1.82, 2.24) is 0 Å². The van der Waals surface area contributed by atoms with E-state index in [0.717, 1.165) is 6.42 Å². The highest BCUT2D eigenvalue weighted by Gasteiger charge is 2.56. The molecule has 17 heavy (non-hydrogen) atoms. The Hall–Kier alpha value is -0.340. The zero-order valence-corrected chi connectivity index (χ0v) is 11.4. The van der Waals surface area contributed by atoms with Crippen LogP contribution < -0.4 is 0 Å². The quantitative estimate of drug-likeness (QED) is 0.655. The van der Waals surface area contributed by atoms with Crippen LogP contribution in [-0.2, 0) is 4.74 Å². The van der Waals surface area contributed by atoms with E-state index in [2.05, 4.69) is 27.7 Å². The Morgan fingerprint density at radius 1 is 1.35 bits per heavy atom. The first-order valence-corrected chi connectivity index (χ1v) is 6.97. The summed E-state index contributed by atoms with van der Waals surface area (Å²) in [6.45, 7) is 8.84. The normalized spacial score (nSPS) is 48.2. The fourth-order valence-electron chi connectivity index (χ4n) is 4.32. The zero-order valence-electron chi connectivity index (χ0n) is 11.4. The van der Waals surface area contributed by atoms with Gasteiger partial charge in [0.2, 0.25) is 0 Å². The first-order valence-electron chi connectivity index (χ1n) is 6.97. The molecule has 1 saturated carbocycles. The molecule has 5 unspecified atom stereocenters. The third-order valence-corrected chi connectivity index (χ3v) is 5.44. The molecule has 2 fully saturated rings. The number of aliphatic hydroxyl groups is 1. The minimum Gasteiger partial charge on any atom is -0.389 e. The summed E-state index contributed by atoms with van der Waals surface area (Å²) in [6.07, 6.45) is 3.42. The molecule has 0 bridgehead atoms. The van der Waals surface area contributed by atoms with E-state index in [1.54, 1.807) is 0 Å². The lowest BCUT2D eigenvalue weighted by Gasteiger charge is -2.41. The van der Waals surface area contributed by atoms with Crippen molar-refractivity contribution in [2.24, 2.45) is 17.8 Å². The maximum atomic E-state index is 10.2. The summed E-state index contributed by atoms with van der Waals surface area (Å²) in [5, 5.41) is 10.2. The smallest absolute Gasteiger partial charge is 0.0754 e. The summed E-state index contributed by atoms with van der Waals surface area (Å²) >= 11 is 0. The molecule has 0 aromatic carbocycles. The van der Waals surface area contributed by atoms with Gasteiger partial charge in [0, 0.05) is 5.92 Å². The third-order valence-electron chi connectivity index (χ3n) is 5.44. The SMILES string of the molecule is CC1=C2CCC(C)C3OC(C)(C)C(CC1O)C23. The van der Waals surface area contributed by atoms with Crippen LogP contribution in [0.25, 0.3) is 0 Å². The lowest BCUT2D eigenvalue weighted by atomic mass is 9.63. The summed E-state index contributed by atoms with van der Waals surface area (Å²) in [6, 6.07) is 0. The summed E-state index contributed by atoms with van der Waals surface area (Å²) < 4.78 is 6.33. The first-order chi connectivity index (χ1) is 7.92. The van der Waals surface area contributed by atoms with E-state index in [0.29, 0.717) is 23.9 Å². The third kappa shape index (κ3) is 1.53. The molecule has 0 amide bonds. The zero-order chi connectivity index (χ0) is 12.4. The molecule has 0 spiro atoms. The Bertz CT molecular complexity index is 369. The first kappa shape index (κ1) is 11.7. The van der Waals surface area contributed by atoms with Gasteiger partial charge in [-0.1, -0.05) is 12.5 Å². The minimum absolute atomic E-state index is 0.0686. The molecular weight excluding hydrogens is 212 g/mol. The number of rotatable bonds is 0. The molecule has 1 heterocycles. The van der Waals surface area contributed by atoms with Crippen LogP contribution in [0.2, 0.25) is 0 Å². The molecule has 1 N–H and O–H groups in total. The fourth-order valence-corrected chi connectivity index (χ4v) is 4.32. The van der Waals surface area contributed by atoms with E-state index in [1.807, 2.05) is 0 Å². The molecule has 3 aliphatic rings. The van der Waals surface area contributed by atoms with Crippen molar-refractivity contribution in [3.05, 3.63) is 11.1 Å². The molecule has 1 aliphatic heterocycles. The minimum atomic E-state index is -0.235. The Balaban J connectivity index is 2.07. The molecule has 3 rings (SSSR count). The van der Waals surface area contributed by atoms with Gasteiger partial charge in [0.05, 0.1) is 17.8 Å². The van der Waals surface area contributed by atoms with E-state index in [-0.39, 0.29) is 11.7 Å². The van der Waals surface area contributed by atoms with Gasteiger partial charge in [0.15, 0.2) is 0 Å². The predicted octanol–water partition coefficient (Wildman–Crippen LogP) is 2.91. The highest BCUT2D eigenvalue weighted by Crippen LogP contribution is 2.55. The molecule has 0 aromatic heterocycles. The maximum Gasteiger partial charge on any atom is 0.0754 e. The molecule has 2 heteroatoms. The van der Waals surface area contributed by atoms with Crippen LogP contribution in [0, 0.1) is 17.8 Å². The Morgan fingerprint density at radius 3 is 2.76 bits per heavy atom. The molecule has 2 nitrogen and oxygen atoms in total. The number of ether oxygens (including phenoxy) is 1. The van der Waals surface area contributed by atoms with Gasteiger partial charge in [-0.3, -0.25) is 0 Å². The van der Waals surface area contributed by atoms with Crippen LogP contribution in [0.5, 0.6) is 0 Å². The summed E-state index contributed by atoms with van der Waals surface area (Å²) in [7, 11) is 0. The molecule has 1 saturated heterocycles. The molecule has 96 valence electrons. The van der Waals surface area contributed by atoms with Crippen molar-refractivity contribution in [3.8, 4) is 0 Å². The topological polar surface area (TPSA) is 29.5 Å². The van der Waals surface area contributed by atoms with Crippen molar-refractivity contribution in [2.45, 2.75) is 64.8 Å². The van der Waals surface area contributed by atoms with Gasteiger partial charge >= 0.3 is 0 Å². The van der Waals surface area contributed by atoms with Crippen LogP contribution in [0.1, 0.15) is 47.0 Å².